The number of hydrogen-bond acceptors (Lipinski definition) is 4. The lowest BCUT2D eigenvalue weighted by atomic mass is 9.94. The van der Waals surface area contributed by atoms with E-state index in [9.17, 15) is 9.90 Å². The number of hydrogen-bond donors (Lipinski definition) is 3. The number of nitrogens with one attached hydrogen (secondary N) is 2. The van der Waals surface area contributed by atoms with E-state index in [0.29, 0.717) is 11.3 Å². The molecule has 0 spiro atoms. The van der Waals surface area contributed by atoms with Crippen LogP contribution in [-0.4, -0.2) is 22.5 Å². The van der Waals surface area contributed by atoms with Gasteiger partial charge in [0.05, 0.1) is 19.1 Å². The maximum absolute atomic E-state index is 12.5. The normalized spacial score (nSPS) is 13.6. The highest BCUT2D eigenvalue weighted by Gasteiger charge is 2.34. The molecule has 6 heteroatoms. The summed E-state index contributed by atoms with van der Waals surface area (Å²) in [7, 11) is 0. The van der Waals surface area contributed by atoms with Gasteiger partial charge in [-0.1, -0.05) is 24.3 Å². The molecule has 0 aliphatic rings. The number of rotatable bonds is 5. The highest BCUT2D eigenvalue weighted by molar-refractivity contribution is 7.10. The summed E-state index contributed by atoms with van der Waals surface area (Å²) in [6.07, 6.45) is 3.00. The Morgan fingerprint density at radius 1 is 1.24 bits per heavy atom. The molecule has 0 aliphatic heterocycles. The van der Waals surface area contributed by atoms with Gasteiger partial charge in [0.15, 0.2) is 0 Å². The first-order chi connectivity index (χ1) is 12.2. The molecule has 4 rings (SSSR count). The average molecular weight is 352 g/mol. The third-order valence-corrected chi connectivity index (χ3v) is 5.23. The molecular weight excluding hydrogens is 336 g/mol. The Morgan fingerprint density at radius 3 is 2.84 bits per heavy atom. The van der Waals surface area contributed by atoms with Crippen LogP contribution in [-0.2, 0) is 5.60 Å². The van der Waals surface area contributed by atoms with Gasteiger partial charge in [0.25, 0.3) is 5.91 Å². The number of thiophene rings is 1. The van der Waals surface area contributed by atoms with Gasteiger partial charge in [0.1, 0.15) is 11.3 Å². The first-order valence-electron chi connectivity index (χ1n) is 7.82. The molecule has 5 nitrogen and oxygen atoms in total. The Balaban J connectivity index is 1.58. The van der Waals surface area contributed by atoms with E-state index in [1.54, 1.807) is 12.1 Å². The molecular formula is C19H16N2O3S. The predicted molar refractivity (Wildman–Crippen MR) is 96.7 cm³/mol. The molecule has 0 unspecified atom stereocenters. The van der Waals surface area contributed by atoms with Gasteiger partial charge in [-0.25, -0.2) is 0 Å². The topological polar surface area (TPSA) is 78.3 Å². The zero-order valence-corrected chi connectivity index (χ0v) is 14.0. The maximum atomic E-state index is 12.5. The van der Waals surface area contributed by atoms with Crippen LogP contribution in [0.5, 0.6) is 0 Å². The molecule has 3 heterocycles. The number of aromatic amines is 1. The lowest BCUT2D eigenvalue weighted by Gasteiger charge is -2.26. The summed E-state index contributed by atoms with van der Waals surface area (Å²) in [6, 6.07) is 14.9. The quantitative estimate of drug-likeness (QED) is 0.514. The number of aliphatic hydroxyl groups is 1. The van der Waals surface area contributed by atoms with Crippen molar-refractivity contribution >= 4 is 28.1 Å². The van der Waals surface area contributed by atoms with Gasteiger partial charge in [-0.3, -0.25) is 4.79 Å². The van der Waals surface area contributed by atoms with Gasteiger partial charge < -0.3 is 19.8 Å². The molecule has 0 saturated carbocycles. The van der Waals surface area contributed by atoms with Crippen LogP contribution in [0.15, 0.2) is 70.9 Å². The minimum atomic E-state index is -1.33. The first-order valence-corrected chi connectivity index (χ1v) is 8.70. The minimum absolute atomic E-state index is 0.0429. The first kappa shape index (κ1) is 15.7. The van der Waals surface area contributed by atoms with Crippen LogP contribution in [0.3, 0.4) is 0 Å². The Morgan fingerprint density at radius 2 is 2.12 bits per heavy atom. The summed E-state index contributed by atoms with van der Waals surface area (Å²) >= 11 is 1.43. The van der Waals surface area contributed by atoms with Crippen molar-refractivity contribution in [2.45, 2.75) is 5.60 Å². The molecule has 1 aromatic carbocycles. The number of amides is 1. The zero-order valence-electron chi connectivity index (χ0n) is 13.2. The minimum Gasteiger partial charge on any atom is -0.472 e. The van der Waals surface area contributed by atoms with Crippen LogP contribution in [0.2, 0.25) is 0 Å². The second-order valence-corrected chi connectivity index (χ2v) is 6.75. The third kappa shape index (κ3) is 2.86. The standard InChI is InChI=1S/C19H16N2O3S/c22-18(16-10-13-4-1-2-5-15(13)21-16)20-12-19(23,14-7-8-24-11-14)17-6-3-9-25-17/h1-11,21,23H,12H2,(H,20,22)/t19-/m0/s1. The van der Waals surface area contributed by atoms with E-state index >= 15 is 0 Å². The number of carbonyl (C=O) groups is 1. The van der Waals surface area contributed by atoms with Crippen molar-refractivity contribution in [3.8, 4) is 0 Å². The van der Waals surface area contributed by atoms with Gasteiger partial charge >= 0.3 is 0 Å². The Bertz CT molecular complexity index is 920. The fourth-order valence-electron chi connectivity index (χ4n) is 2.84. The number of para-hydroxylation sites is 1. The van der Waals surface area contributed by atoms with Gasteiger partial charge in [-0.05, 0) is 29.6 Å². The molecule has 1 atom stereocenters. The van der Waals surface area contributed by atoms with Crippen LogP contribution in [0.25, 0.3) is 10.9 Å². The highest BCUT2D eigenvalue weighted by atomic mass is 32.1. The summed E-state index contributed by atoms with van der Waals surface area (Å²) < 4.78 is 5.12. The van der Waals surface area contributed by atoms with E-state index in [2.05, 4.69) is 10.3 Å². The summed E-state index contributed by atoms with van der Waals surface area (Å²) in [5, 5.41) is 16.9. The molecule has 3 N–H and O–H groups in total. The molecule has 0 radical (unpaired) electrons. The summed E-state index contributed by atoms with van der Waals surface area (Å²) in [5.41, 5.74) is 0.632. The van der Waals surface area contributed by atoms with Crippen LogP contribution in [0.4, 0.5) is 0 Å². The van der Waals surface area contributed by atoms with E-state index in [1.165, 1.54) is 23.9 Å². The van der Waals surface area contributed by atoms with E-state index in [-0.39, 0.29) is 12.5 Å². The van der Waals surface area contributed by atoms with E-state index in [1.807, 2.05) is 41.8 Å². The van der Waals surface area contributed by atoms with Crippen LogP contribution < -0.4 is 5.32 Å². The highest BCUT2D eigenvalue weighted by Crippen LogP contribution is 2.32. The molecule has 3 aromatic heterocycles. The molecule has 1 amide bonds. The van der Waals surface area contributed by atoms with Crippen molar-refractivity contribution in [2.75, 3.05) is 6.54 Å². The van der Waals surface area contributed by atoms with Crippen molar-refractivity contribution < 1.29 is 14.3 Å². The number of carbonyl (C=O) groups excluding carboxylic acids is 1. The Kier molecular flexibility index (Phi) is 3.91. The van der Waals surface area contributed by atoms with Crippen LogP contribution >= 0.6 is 11.3 Å². The van der Waals surface area contributed by atoms with Gasteiger partial charge in [0, 0.05) is 21.3 Å². The average Bonchev–Trinajstić information content (AvgIpc) is 3.40. The lowest BCUT2D eigenvalue weighted by Crippen LogP contribution is -2.41. The molecule has 0 aliphatic carbocycles. The van der Waals surface area contributed by atoms with Crippen LogP contribution in [0.1, 0.15) is 20.9 Å². The Labute approximate surface area is 147 Å². The monoisotopic (exact) mass is 352 g/mol. The maximum Gasteiger partial charge on any atom is 0.267 e. The summed E-state index contributed by atoms with van der Waals surface area (Å²) in [5.74, 6) is -0.269. The molecule has 4 aromatic rings. The predicted octanol–water partition coefficient (Wildman–Crippen LogP) is 3.49. The molecule has 0 saturated heterocycles. The Hall–Kier alpha value is -2.83. The van der Waals surface area contributed by atoms with Crippen molar-refractivity contribution in [1.82, 2.24) is 10.3 Å². The fraction of sp³-hybridized carbons (Fsp3) is 0.105. The smallest absolute Gasteiger partial charge is 0.267 e. The number of benzene rings is 1. The number of furan rings is 1. The zero-order chi connectivity index (χ0) is 17.3. The summed E-state index contributed by atoms with van der Waals surface area (Å²) in [4.78, 5) is 16.4. The SMILES string of the molecule is O=C(NC[C@](O)(c1ccoc1)c1cccs1)c1cc2ccccc2[nH]1. The number of aromatic nitrogens is 1. The van der Waals surface area contributed by atoms with E-state index in [0.717, 1.165) is 15.8 Å². The summed E-state index contributed by atoms with van der Waals surface area (Å²) in [6.45, 7) is 0.0429. The second-order valence-electron chi connectivity index (χ2n) is 5.80. The molecule has 0 fully saturated rings. The van der Waals surface area contributed by atoms with E-state index in [4.69, 9.17) is 4.42 Å². The van der Waals surface area contributed by atoms with Gasteiger partial charge in [0.2, 0.25) is 0 Å². The van der Waals surface area contributed by atoms with Gasteiger partial charge in [-0.2, -0.15) is 0 Å². The van der Waals surface area contributed by atoms with Crippen molar-refractivity contribution in [2.24, 2.45) is 0 Å². The molecule has 126 valence electrons. The largest absolute Gasteiger partial charge is 0.472 e. The molecule has 25 heavy (non-hydrogen) atoms. The lowest BCUT2D eigenvalue weighted by molar-refractivity contribution is 0.0712. The van der Waals surface area contributed by atoms with Crippen molar-refractivity contribution in [3.63, 3.8) is 0 Å². The van der Waals surface area contributed by atoms with Crippen molar-refractivity contribution in [1.29, 1.82) is 0 Å². The van der Waals surface area contributed by atoms with Crippen LogP contribution in [0, 0.1) is 0 Å². The number of H-pyrrole nitrogens is 1. The number of fused-ring (bicyclic) bond motifs is 1. The van der Waals surface area contributed by atoms with Gasteiger partial charge in [-0.15, -0.1) is 11.3 Å². The third-order valence-electron chi connectivity index (χ3n) is 4.21. The second kappa shape index (κ2) is 6.23. The molecule has 0 bridgehead atoms. The fourth-order valence-corrected chi connectivity index (χ4v) is 3.69. The van der Waals surface area contributed by atoms with Crippen molar-refractivity contribution in [3.05, 3.63) is 82.6 Å². The van der Waals surface area contributed by atoms with E-state index < -0.39 is 5.60 Å².